The van der Waals surface area contributed by atoms with Gasteiger partial charge in [-0.3, -0.25) is 0 Å². The van der Waals surface area contributed by atoms with E-state index in [-0.39, 0.29) is 10.8 Å². The van der Waals surface area contributed by atoms with Crippen molar-refractivity contribution in [3.05, 3.63) is 215 Å². The highest BCUT2D eigenvalue weighted by atomic mass is 15.1. The molecular weight excluding hydrogens is 701 g/mol. The molecule has 6 aliphatic rings. The molecule has 6 aromatic rings. The Kier molecular flexibility index (Phi) is 7.74. The Morgan fingerprint density at radius 2 is 0.879 bits per heavy atom. The molecule has 2 heteroatoms. The molecule has 0 saturated heterocycles. The summed E-state index contributed by atoms with van der Waals surface area (Å²) in [6.45, 7) is 0. The highest BCUT2D eigenvalue weighted by Gasteiger charge is 2.53. The van der Waals surface area contributed by atoms with Gasteiger partial charge < -0.3 is 9.80 Å². The molecule has 0 bridgehead atoms. The normalized spacial score (nSPS) is 20.1. The fourth-order valence-corrected chi connectivity index (χ4v) is 12.3. The predicted molar refractivity (Wildman–Crippen MR) is 242 cm³/mol. The van der Waals surface area contributed by atoms with Crippen LogP contribution in [0, 0.1) is 5.92 Å². The molecule has 2 nitrogen and oxygen atoms in total. The van der Waals surface area contributed by atoms with Crippen molar-refractivity contribution in [1.82, 2.24) is 0 Å². The quantitative estimate of drug-likeness (QED) is 0.167. The van der Waals surface area contributed by atoms with Crippen molar-refractivity contribution in [2.45, 2.75) is 68.6 Å². The van der Waals surface area contributed by atoms with E-state index in [9.17, 15) is 0 Å². The second-order valence-electron chi connectivity index (χ2n) is 17.4. The Labute approximate surface area is 343 Å². The van der Waals surface area contributed by atoms with Gasteiger partial charge in [-0.25, -0.2) is 0 Å². The summed E-state index contributed by atoms with van der Waals surface area (Å²) < 4.78 is 0. The Hall–Kier alpha value is -6.12. The highest BCUT2D eigenvalue weighted by molar-refractivity contribution is 6.00. The van der Waals surface area contributed by atoms with Gasteiger partial charge in [0.2, 0.25) is 0 Å². The third-order valence-electron chi connectivity index (χ3n) is 14.7. The van der Waals surface area contributed by atoms with Gasteiger partial charge in [0.1, 0.15) is 0 Å². The van der Waals surface area contributed by atoms with E-state index < -0.39 is 0 Å². The molecule has 0 aromatic heterocycles. The molecule has 2 saturated carbocycles. The molecule has 2 spiro atoms. The minimum atomic E-state index is 0.0872. The third-order valence-corrected chi connectivity index (χ3v) is 14.7. The van der Waals surface area contributed by atoms with Crippen molar-refractivity contribution in [2.75, 3.05) is 9.80 Å². The number of allylic oxidation sites excluding steroid dienone is 8. The largest absolute Gasteiger partial charge is 0.310 e. The van der Waals surface area contributed by atoms with Gasteiger partial charge in [-0.1, -0.05) is 129 Å². The number of hydrogen-bond acceptors (Lipinski definition) is 2. The van der Waals surface area contributed by atoms with E-state index in [1.807, 2.05) is 0 Å². The van der Waals surface area contributed by atoms with Crippen LogP contribution >= 0.6 is 0 Å². The first-order chi connectivity index (χ1) is 28.7. The maximum Gasteiger partial charge on any atom is 0.0465 e. The first kappa shape index (κ1) is 34.0. The van der Waals surface area contributed by atoms with Gasteiger partial charge in [-0.15, -0.1) is 0 Å². The van der Waals surface area contributed by atoms with Crippen LogP contribution in [0.2, 0.25) is 0 Å². The van der Waals surface area contributed by atoms with E-state index in [0.29, 0.717) is 5.92 Å². The standard InChI is InChI=1S/C56H48N2/c1-5-17-39(18-6-1)57(40-19-7-2-8-20-40)43-25-27-47-51(37-43)55(33-13-14-34-55)49-31-29-46-45(53(47)49)30-32-50-54(46)48-28-26-44(38-52(48)56(50)35-15-16-36-56)58(41-21-9-3-10-22-41)42-23-11-4-12-24-42/h1-12,17-29,31-32,37-38,45H,13-16,30,33-36H2. The molecule has 6 aliphatic carbocycles. The Balaban J connectivity index is 0.997. The summed E-state index contributed by atoms with van der Waals surface area (Å²) in [7, 11) is 0. The maximum atomic E-state index is 2.71. The zero-order chi connectivity index (χ0) is 38.3. The van der Waals surface area contributed by atoms with Crippen LogP contribution in [-0.4, -0.2) is 0 Å². The zero-order valence-electron chi connectivity index (χ0n) is 33.1. The monoisotopic (exact) mass is 748 g/mol. The molecule has 2 fully saturated rings. The lowest BCUT2D eigenvalue weighted by molar-refractivity contribution is 0.539. The van der Waals surface area contributed by atoms with Crippen molar-refractivity contribution in [3.8, 4) is 0 Å². The van der Waals surface area contributed by atoms with Gasteiger partial charge in [0.25, 0.3) is 0 Å². The molecule has 0 amide bonds. The summed E-state index contributed by atoms with van der Waals surface area (Å²) in [5, 5.41) is 0. The second-order valence-corrected chi connectivity index (χ2v) is 17.4. The number of fused-ring (bicyclic) bond motifs is 11. The van der Waals surface area contributed by atoms with Crippen molar-refractivity contribution >= 4 is 45.3 Å². The van der Waals surface area contributed by atoms with Crippen LogP contribution in [0.1, 0.15) is 80.0 Å². The lowest BCUT2D eigenvalue weighted by Crippen LogP contribution is -2.25. The SMILES string of the molecule is C1=CC2=C(c3ccc(N(c4ccccc4)c4ccccc4)cc3C23CCCC3)C2CC=C3C(=C12)c1ccc(N(c2ccccc2)c2ccccc2)cc1C31CCCC1. The Morgan fingerprint density at radius 3 is 1.38 bits per heavy atom. The first-order valence-electron chi connectivity index (χ1n) is 21.7. The summed E-state index contributed by atoms with van der Waals surface area (Å²) in [5.74, 6) is 0.372. The van der Waals surface area contributed by atoms with E-state index in [0.717, 1.165) is 6.42 Å². The number of hydrogen-bond donors (Lipinski definition) is 0. The fourth-order valence-electron chi connectivity index (χ4n) is 12.3. The van der Waals surface area contributed by atoms with Crippen LogP contribution < -0.4 is 9.80 Å². The maximum absolute atomic E-state index is 2.71. The zero-order valence-corrected chi connectivity index (χ0v) is 33.1. The molecule has 0 N–H and O–H groups in total. The summed E-state index contributed by atoms with van der Waals surface area (Å²) in [4.78, 5) is 4.89. The van der Waals surface area contributed by atoms with Crippen LogP contribution in [0.3, 0.4) is 0 Å². The van der Waals surface area contributed by atoms with Gasteiger partial charge in [-0.2, -0.15) is 0 Å². The first-order valence-corrected chi connectivity index (χ1v) is 21.7. The Morgan fingerprint density at radius 1 is 0.431 bits per heavy atom. The van der Waals surface area contributed by atoms with Crippen LogP contribution in [-0.2, 0) is 10.8 Å². The predicted octanol–water partition coefficient (Wildman–Crippen LogP) is 15.0. The summed E-state index contributed by atoms with van der Waals surface area (Å²) in [6, 6.07) is 58.5. The van der Waals surface area contributed by atoms with E-state index in [2.05, 4.69) is 186 Å². The van der Waals surface area contributed by atoms with Gasteiger partial charge in [-0.05, 0) is 155 Å². The number of para-hydroxylation sites is 4. The van der Waals surface area contributed by atoms with E-state index in [4.69, 9.17) is 0 Å². The second kappa shape index (κ2) is 13.2. The Bertz CT molecular complexity index is 2610. The molecule has 6 aromatic carbocycles. The lowest BCUT2D eigenvalue weighted by atomic mass is 9.68. The smallest absolute Gasteiger partial charge is 0.0465 e. The molecule has 58 heavy (non-hydrogen) atoms. The molecule has 0 heterocycles. The highest BCUT2D eigenvalue weighted by Crippen LogP contribution is 2.66. The van der Waals surface area contributed by atoms with E-state index >= 15 is 0 Å². The van der Waals surface area contributed by atoms with Crippen molar-refractivity contribution in [1.29, 1.82) is 0 Å². The average molecular weight is 749 g/mol. The van der Waals surface area contributed by atoms with Crippen molar-refractivity contribution < 1.29 is 0 Å². The van der Waals surface area contributed by atoms with Gasteiger partial charge in [0.15, 0.2) is 0 Å². The molecule has 12 rings (SSSR count). The van der Waals surface area contributed by atoms with Crippen LogP contribution in [0.5, 0.6) is 0 Å². The minimum absolute atomic E-state index is 0.0872. The van der Waals surface area contributed by atoms with Gasteiger partial charge in [0, 0.05) is 50.9 Å². The lowest BCUT2D eigenvalue weighted by Gasteiger charge is -2.35. The number of benzene rings is 6. The summed E-state index contributed by atoms with van der Waals surface area (Å²) in [6.07, 6.45) is 19.1. The van der Waals surface area contributed by atoms with Crippen LogP contribution in [0.25, 0.3) is 11.1 Å². The van der Waals surface area contributed by atoms with Gasteiger partial charge >= 0.3 is 0 Å². The molecule has 0 aliphatic heterocycles. The van der Waals surface area contributed by atoms with E-state index in [1.165, 1.54) is 96.6 Å². The van der Waals surface area contributed by atoms with Crippen molar-refractivity contribution in [3.63, 3.8) is 0 Å². The number of rotatable bonds is 6. The van der Waals surface area contributed by atoms with Crippen LogP contribution in [0.15, 0.2) is 193 Å². The molecule has 282 valence electrons. The molecule has 1 atom stereocenters. The third kappa shape index (κ3) is 4.90. The molecule has 0 radical (unpaired) electrons. The van der Waals surface area contributed by atoms with Gasteiger partial charge in [0.05, 0.1) is 0 Å². The fraction of sp³-hybridized carbons (Fsp3) is 0.214. The minimum Gasteiger partial charge on any atom is -0.310 e. The van der Waals surface area contributed by atoms with Crippen LogP contribution in [0.4, 0.5) is 34.1 Å². The topological polar surface area (TPSA) is 6.48 Å². The number of nitrogens with zero attached hydrogens (tertiary/aromatic N) is 2. The molecule has 1 unspecified atom stereocenters. The average Bonchev–Trinajstić information content (AvgIpc) is 4.09. The number of anilines is 6. The summed E-state index contributed by atoms with van der Waals surface area (Å²) in [5.41, 5.74) is 21.5. The van der Waals surface area contributed by atoms with Crippen molar-refractivity contribution in [2.24, 2.45) is 5.92 Å². The molecular formula is C56H48N2. The van der Waals surface area contributed by atoms with E-state index in [1.54, 1.807) is 39.0 Å². The summed E-state index contributed by atoms with van der Waals surface area (Å²) >= 11 is 0.